The molecule has 0 bridgehead atoms. The zero-order valence-corrected chi connectivity index (χ0v) is 5.63. The predicted octanol–water partition coefficient (Wildman–Crippen LogP) is 0.645. The van der Waals surface area contributed by atoms with Crippen LogP contribution < -0.4 is 0 Å². The van der Waals surface area contributed by atoms with Crippen molar-refractivity contribution >= 4 is 24.5 Å². The first-order valence-electron chi connectivity index (χ1n) is 1.73. The van der Waals surface area contributed by atoms with Gasteiger partial charge in [-0.3, -0.25) is 0 Å². The Morgan fingerprint density at radius 3 is 2.43 bits per heavy atom. The Labute approximate surface area is 48.0 Å². The molecule has 1 N–H and O–H groups in total. The normalized spacial score (nSPS) is 10.7. The van der Waals surface area contributed by atoms with Gasteiger partial charge in [-0.2, -0.15) is 0 Å². The molecule has 7 heavy (non-hydrogen) atoms. The largest absolute Gasteiger partial charge is 0.478 e. The van der Waals surface area contributed by atoms with Gasteiger partial charge < -0.3 is 5.11 Å². The van der Waals surface area contributed by atoms with Gasteiger partial charge >= 0.3 is 5.97 Å². The number of hydrogen-bond acceptors (Lipinski definition) is 2. The summed E-state index contributed by atoms with van der Waals surface area (Å²) in [6.07, 6.45) is 0.157. The second-order valence-electron chi connectivity index (χ2n) is 1.18. The van der Waals surface area contributed by atoms with E-state index in [1.807, 2.05) is 0 Å². The lowest BCUT2D eigenvalue weighted by atomic mass is 10.8. The molecule has 40 valence electrons. The molecule has 0 saturated heterocycles. The van der Waals surface area contributed by atoms with Crippen molar-refractivity contribution in [2.24, 2.45) is 0 Å². The monoisotopic (exact) mass is 137 g/mol. The van der Waals surface area contributed by atoms with Gasteiger partial charge in [0, 0.05) is 0 Å². The van der Waals surface area contributed by atoms with E-state index in [0.717, 1.165) is 0 Å². The fourth-order valence-electron chi connectivity index (χ4n) is 0.190. The zero-order chi connectivity index (χ0) is 5.86. The van der Waals surface area contributed by atoms with Gasteiger partial charge in [0.15, 0.2) is 18.5 Å². The third-order valence-corrected chi connectivity index (χ3v) is 1.46. The third kappa shape index (κ3) is 5.99. The predicted molar refractivity (Wildman–Crippen MR) is 32.7 cm³/mol. The summed E-state index contributed by atoms with van der Waals surface area (Å²) in [5.74, 6) is -0.788. The fourth-order valence-corrected chi connectivity index (χ4v) is 0.903. The topological polar surface area (TPSA) is 37.3 Å². The molecule has 4 heteroatoms. The quantitative estimate of drug-likeness (QED) is 0.567. The Morgan fingerprint density at radius 1 is 2.00 bits per heavy atom. The van der Waals surface area contributed by atoms with Gasteiger partial charge in [-0.05, 0) is 0 Å². The van der Waals surface area contributed by atoms with Crippen LogP contribution in [0.4, 0.5) is 0 Å². The number of hydrogen-bond donors (Lipinski definition) is 1. The lowest BCUT2D eigenvalue weighted by molar-refractivity contribution is -0.133. The molecule has 0 spiro atoms. The second kappa shape index (κ2) is 3.05. The van der Waals surface area contributed by atoms with Crippen molar-refractivity contribution in [1.29, 1.82) is 0 Å². The Kier molecular flexibility index (Phi) is 3.05. The fraction of sp³-hybridized carbons (Fsp3) is 0.667. The Balaban J connectivity index is 3.32. The maximum absolute atomic E-state index is 9.76. The number of aliphatic carboxylic acids is 1. The van der Waals surface area contributed by atoms with Crippen LogP contribution in [0.15, 0.2) is 0 Å². The highest BCUT2D eigenvalue weighted by Crippen LogP contribution is 2.11. The summed E-state index contributed by atoms with van der Waals surface area (Å²) in [5.41, 5.74) is 0. The summed E-state index contributed by atoms with van der Waals surface area (Å²) in [4.78, 5) is 9.76. The molecule has 2 nitrogen and oxygen atoms in total. The smallest absolute Gasteiger partial charge is 0.349 e. The van der Waals surface area contributed by atoms with Crippen LogP contribution in [0.3, 0.4) is 0 Å². The van der Waals surface area contributed by atoms with Gasteiger partial charge in [0.1, 0.15) is 6.66 Å². The maximum Gasteiger partial charge on any atom is 0.349 e. The number of carbonyl (C=O) groups is 1. The van der Waals surface area contributed by atoms with E-state index in [4.69, 9.17) is 5.11 Å². The lowest BCUT2D eigenvalue weighted by Crippen LogP contribution is -1.95. The first-order valence-corrected chi connectivity index (χ1v) is 4.71. The summed E-state index contributed by atoms with van der Waals surface area (Å²) in [6.45, 7) is 1.11. The van der Waals surface area contributed by atoms with Crippen LogP contribution in [-0.2, 0) is 16.6 Å². The minimum Gasteiger partial charge on any atom is -0.478 e. The highest BCUT2D eigenvalue weighted by atomic mass is 32.4. The van der Waals surface area contributed by atoms with Crippen molar-refractivity contribution in [1.82, 2.24) is 0 Å². The van der Waals surface area contributed by atoms with E-state index in [2.05, 4.69) is 11.8 Å². The second-order valence-corrected chi connectivity index (χ2v) is 4.62. The van der Waals surface area contributed by atoms with Crippen LogP contribution in [0.2, 0.25) is 0 Å². The Morgan fingerprint density at radius 2 is 2.43 bits per heavy atom. The highest BCUT2D eigenvalue weighted by molar-refractivity contribution is 8.05. The molecule has 0 heterocycles. The maximum atomic E-state index is 9.76. The molecule has 0 aromatic heterocycles. The molecule has 0 aromatic carbocycles. The average Bonchev–Trinajstić information content (AvgIpc) is 1.27. The van der Waals surface area contributed by atoms with E-state index in [1.54, 1.807) is 6.66 Å². The summed E-state index contributed by atoms with van der Waals surface area (Å²) < 4.78 is 0. The summed E-state index contributed by atoms with van der Waals surface area (Å²) in [5, 5.41) is 8.03. The van der Waals surface area contributed by atoms with Crippen LogP contribution in [0.1, 0.15) is 0 Å². The van der Waals surface area contributed by atoms with Crippen LogP contribution in [0.25, 0.3) is 0 Å². The van der Waals surface area contributed by atoms with E-state index in [1.165, 1.54) is 0 Å². The molecule has 0 radical (unpaired) electrons. The van der Waals surface area contributed by atoms with Crippen LogP contribution in [0, 0.1) is 0 Å². The van der Waals surface area contributed by atoms with Crippen LogP contribution in [0.5, 0.6) is 0 Å². The minimum atomic E-state index is -0.788. The van der Waals surface area contributed by atoms with E-state index >= 15 is 0 Å². The summed E-state index contributed by atoms with van der Waals surface area (Å²) in [6, 6.07) is 0. The molecule has 1 unspecified atom stereocenters. The highest BCUT2D eigenvalue weighted by Gasteiger charge is 2.05. The van der Waals surface area contributed by atoms with Gasteiger partial charge in [-0.15, -0.1) is 0 Å². The number of carboxylic acid groups (broad SMARTS) is 1. The molecular weight excluding hydrogens is 131 g/mol. The van der Waals surface area contributed by atoms with Crippen molar-refractivity contribution in [3.8, 4) is 0 Å². The third-order valence-electron chi connectivity index (χ3n) is 0.358. The van der Waals surface area contributed by atoms with Gasteiger partial charge in [-0.25, -0.2) is 4.79 Å². The van der Waals surface area contributed by atoms with Gasteiger partial charge in [0.05, 0.1) is 0 Å². The van der Waals surface area contributed by atoms with Crippen LogP contribution >= 0.6 is 6.70 Å². The molecule has 0 aliphatic carbocycles. The van der Waals surface area contributed by atoms with E-state index < -0.39 is 12.7 Å². The summed E-state index contributed by atoms with van der Waals surface area (Å²) in [7, 11) is 0. The molecular formula is C3H6O2PS+. The molecule has 0 fully saturated rings. The van der Waals surface area contributed by atoms with Crippen molar-refractivity contribution < 1.29 is 9.90 Å². The molecule has 0 amide bonds. The first kappa shape index (κ1) is 6.99. The average molecular weight is 137 g/mol. The van der Waals surface area contributed by atoms with E-state index in [0.29, 0.717) is 0 Å². The minimum absolute atomic E-state index is 0.157. The molecule has 0 aliphatic heterocycles. The number of carboxylic acids is 1. The molecule has 0 aromatic rings. The summed E-state index contributed by atoms with van der Waals surface area (Å²) >= 11 is 4.64. The Hall–Kier alpha value is -0.0100. The van der Waals surface area contributed by atoms with Crippen LogP contribution in [-0.4, -0.2) is 23.9 Å². The van der Waals surface area contributed by atoms with Gasteiger partial charge in [0.2, 0.25) is 6.16 Å². The van der Waals surface area contributed by atoms with Crippen molar-refractivity contribution in [3.05, 3.63) is 0 Å². The lowest BCUT2D eigenvalue weighted by Gasteiger charge is -1.73. The van der Waals surface area contributed by atoms with E-state index in [9.17, 15) is 4.79 Å². The van der Waals surface area contributed by atoms with Crippen molar-refractivity contribution in [3.63, 3.8) is 0 Å². The standard InChI is InChI=1S/C3H5O2PS/c1-6(7)2-3(4)5/h2H2,1H3/p+1. The van der Waals surface area contributed by atoms with Gasteiger partial charge in [0.25, 0.3) is 0 Å². The van der Waals surface area contributed by atoms with E-state index in [-0.39, 0.29) is 6.16 Å². The Bertz CT molecular complexity index is 89.1. The first-order chi connectivity index (χ1) is 3.13. The molecule has 0 saturated carbocycles. The van der Waals surface area contributed by atoms with Crippen molar-refractivity contribution in [2.75, 3.05) is 12.8 Å². The van der Waals surface area contributed by atoms with Gasteiger partial charge in [-0.1, -0.05) is 0 Å². The SMILES string of the molecule is C[P+](=S)CC(=O)O. The van der Waals surface area contributed by atoms with Crippen molar-refractivity contribution in [2.45, 2.75) is 0 Å². The molecule has 1 atom stereocenters. The molecule has 0 aliphatic rings. The number of rotatable bonds is 2. The zero-order valence-electron chi connectivity index (χ0n) is 3.92. The molecule has 0 rings (SSSR count).